The minimum atomic E-state index is 0.559. The number of hydrogen-bond acceptors (Lipinski definition) is 2. The molecule has 0 unspecified atom stereocenters. The Morgan fingerprint density at radius 3 is 2.76 bits per heavy atom. The molecule has 1 aromatic heterocycles. The van der Waals surface area contributed by atoms with Crippen LogP contribution in [0.5, 0.6) is 0 Å². The zero-order valence-corrected chi connectivity index (χ0v) is 13.6. The zero-order chi connectivity index (χ0) is 15.2. The van der Waals surface area contributed by atoms with Crippen molar-refractivity contribution in [2.24, 2.45) is 5.92 Å². The molecule has 0 aliphatic heterocycles. The molecule has 5 heteroatoms. The predicted molar refractivity (Wildman–Crippen MR) is 91.6 cm³/mol. The summed E-state index contributed by atoms with van der Waals surface area (Å²) < 4.78 is 1.91. The smallest absolute Gasteiger partial charge is 0.171 e. The highest BCUT2D eigenvalue weighted by atomic mass is 32.1. The number of anilines is 1. The minimum absolute atomic E-state index is 0.559. The van der Waals surface area contributed by atoms with E-state index in [0.717, 1.165) is 18.9 Å². The maximum absolute atomic E-state index is 5.24. The predicted octanol–water partition coefficient (Wildman–Crippen LogP) is 3.18. The second kappa shape index (κ2) is 7.22. The summed E-state index contributed by atoms with van der Waals surface area (Å²) in [4.78, 5) is 0. The Morgan fingerprint density at radius 1 is 1.29 bits per heavy atom. The summed E-state index contributed by atoms with van der Waals surface area (Å²) in [5.74, 6) is 1.33. The molecule has 2 N–H and O–H groups in total. The first kappa shape index (κ1) is 15.5. The van der Waals surface area contributed by atoms with Crippen molar-refractivity contribution < 1.29 is 0 Å². The third-order valence-electron chi connectivity index (χ3n) is 3.15. The molecule has 4 nitrogen and oxygen atoms in total. The fraction of sp³-hybridized carbons (Fsp3) is 0.375. The third kappa shape index (κ3) is 4.86. The lowest BCUT2D eigenvalue weighted by Crippen LogP contribution is -2.31. The molecule has 0 radical (unpaired) electrons. The Labute approximate surface area is 131 Å². The minimum Gasteiger partial charge on any atom is -0.362 e. The molecule has 2 rings (SSSR count). The standard InChI is InChI=1S/C16H22N4S/c1-12(2)10-17-16(21)18-15-8-9-20(19-15)11-14-7-5-4-6-13(14)3/h4-9,12H,10-11H2,1-3H3,(H2,17,18,19,21). The van der Waals surface area contributed by atoms with E-state index in [9.17, 15) is 0 Å². The van der Waals surface area contributed by atoms with E-state index in [1.54, 1.807) is 0 Å². The number of benzene rings is 1. The van der Waals surface area contributed by atoms with Gasteiger partial charge in [-0.1, -0.05) is 38.1 Å². The van der Waals surface area contributed by atoms with Gasteiger partial charge in [-0.15, -0.1) is 0 Å². The Hall–Kier alpha value is -1.88. The monoisotopic (exact) mass is 302 g/mol. The molecule has 0 atom stereocenters. The van der Waals surface area contributed by atoms with Gasteiger partial charge < -0.3 is 10.6 Å². The van der Waals surface area contributed by atoms with Crippen molar-refractivity contribution in [3.8, 4) is 0 Å². The van der Waals surface area contributed by atoms with Crippen LogP contribution in [0, 0.1) is 12.8 Å². The van der Waals surface area contributed by atoms with Crippen molar-refractivity contribution in [3.05, 3.63) is 47.7 Å². The van der Waals surface area contributed by atoms with Crippen LogP contribution < -0.4 is 10.6 Å². The van der Waals surface area contributed by atoms with E-state index in [4.69, 9.17) is 12.2 Å². The summed E-state index contributed by atoms with van der Waals surface area (Å²) in [5, 5.41) is 11.4. The van der Waals surface area contributed by atoms with E-state index in [-0.39, 0.29) is 0 Å². The van der Waals surface area contributed by atoms with Gasteiger partial charge in [0.25, 0.3) is 0 Å². The summed E-state index contributed by atoms with van der Waals surface area (Å²) in [6, 6.07) is 10.3. The van der Waals surface area contributed by atoms with Crippen LogP contribution in [0.25, 0.3) is 0 Å². The molecule has 0 saturated heterocycles. The lowest BCUT2D eigenvalue weighted by molar-refractivity contribution is 0.627. The van der Waals surface area contributed by atoms with Crippen molar-refractivity contribution in [2.45, 2.75) is 27.3 Å². The summed E-state index contributed by atoms with van der Waals surface area (Å²) in [5.41, 5.74) is 2.55. The highest BCUT2D eigenvalue weighted by molar-refractivity contribution is 7.80. The van der Waals surface area contributed by atoms with E-state index in [1.807, 2.05) is 23.0 Å². The average molecular weight is 302 g/mol. The molecular formula is C16H22N4S. The van der Waals surface area contributed by atoms with Gasteiger partial charge >= 0.3 is 0 Å². The third-order valence-corrected chi connectivity index (χ3v) is 3.39. The number of rotatable bonds is 5. The summed E-state index contributed by atoms with van der Waals surface area (Å²) in [6.45, 7) is 8.03. The van der Waals surface area contributed by atoms with Gasteiger partial charge in [0, 0.05) is 18.8 Å². The van der Waals surface area contributed by atoms with Crippen LogP contribution >= 0.6 is 12.2 Å². The van der Waals surface area contributed by atoms with E-state index in [1.165, 1.54) is 11.1 Å². The van der Waals surface area contributed by atoms with Crippen LogP contribution in [0.1, 0.15) is 25.0 Å². The van der Waals surface area contributed by atoms with E-state index >= 15 is 0 Å². The van der Waals surface area contributed by atoms with Crippen LogP contribution in [0.15, 0.2) is 36.5 Å². The molecular weight excluding hydrogens is 280 g/mol. The molecule has 0 saturated carbocycles. The van der Waals surface area contributed by atoms with Gasteiger partial charge in [-0.05, 0) is 36.2 Å². The lowest BCUT2D eigenvalue weighted by atomic mass is 10.1. The number of aromatic nitrogens is 2. The van der Waals surface area contributed by atoms with Crippen LogP contribution in [0.3, 0.4) is 0 Å². The first-order valence-electron chi connectivity index (χ1n) is 7.17. The van der Waals surface area contributed by atoms with Crippen LogP contribution in [-0.2, 0) is 6.54 Å². The highest BCUT2D eigenvalue weighted by Crippen LogP contribution is 2.10. The van der Waals surface area contributed by atoms with E-state index in [0.29, 0.717) is 11.0 Å². The summed E-state index contributed by atoms with van der Waals surface area (Å²) in [6.07, 6.45) is 1.96. The zero-order valence-electron chi connectivity index (χ0n) is 12.8. The van der Waals surface area contributed by atoms with Gasteiger partial charge in [-0.2, -0.15) is 5.10 Å². The molecule has 112 valence electrons. The van der Waals surface area contributed by atoms with Gasteiger partial charge in [0.2, 0.25) is 0 Å². The molecule has 2 aromatic rings. The SMILES string of the molecule is Cc1ccccc1Cn1ccc(NC(=S)NCC(C)C)n1. The summed E-state index contributed by atoms with van der Waals surface area (Å²) in [7, 11) is 0. The molecule has 0 bridgehead atoms. The quantitative estimate of drug-likeness (QED) is 0.833. The maximum atomic E-state index is 5.24. The molecule has 0 aliphatic rings. The average Bonchev–Trinajstić information content (AvgIpc) is 2.86. The van der Waals surface area contributed by atoms with Crippen LogP contribution in [-0.4, -0.2) is 21.4 Å². The first-order chi connectivity index (χ1) is 10.0. The molecule has 0 spiro atoms. The highest BCUT2D eigenvalue weighted by Gasteiger charge is 2.04. The van der Waals surface area contributed by atoms with Gasteiger partial charge in [0.1, 0.15) is 0 Å². The van der Waals surface area contributed by atoms with E-state index in [2.05, 4.69) is 54.7 Å². The fourth-order valence-electron chi connectivity index (χ4n) is 1.94. The second-order valence-electron chi connectivity index (χ2n) is 5.55. The van der Waals surface area contributed by atoms with Gasteiger partial charge in [-0.25, -0.2) is 0 Å². The number of nitrogens with one attached hydrogen (secondary N) is 2. The van der Waals surface area contributed by atoms with Crippen LogP contribution in [0.4, 0.5) is 5.82 Å². The molecule has 1 heterocycles. The van der Waals surface area contributed by atoms with Crippen molar-refractivity contribution in [3.63, 3.8) is 0 Å². The van der Waals surface area contributed by atoms with Gasteiger partial charge in [0.15, 0.2) is 10.9 Å². The maximum Gasteiger partial charge on any atom is 0.171 e. The second-order valence-corrected chi connectivity index (χ2v) is 5.96. The van der Waals surface area contributed by atoms with Crippen LogP contribution in [0.2, 0.25) is 0 Å². The number of aryl methyl sites for hydroxylation is 1. The van der Waals surface area contributed by atoms with Crippen molar-refractivity contribution in [1.29, 1.82) is 0 Å². The van der Waals surface area contributed by atoms with Crippen molar-refractivity contribution in [1.82, 2.24) is 15.1 Å². The first-order valence-corrected chi connectivity index (χ1v) is 7.58. The normalized spacial score (nSPS) is 10.7. The fourth-order valence-corrected chi connectivity index (χ4v) is 2.12. The topological polar surface area (TPSA) is 41.9 Å². The summed E-state index contributed by atoms with van der Waals surface area (Å²) >= 11 is 5.24. The number of nitrogens with zero attached hydrogens (tertiary/aromatic N) is 2. The number of hydrogen-bond donors (Lipinski definition) is 2. The largest absolute Gasteiger partial charge is 0.362 e. The molecule has 0 amide bonds. The van der Waals surface area contributed by atoms with E-state index < -0.39 is 0 Å². The molecule has 1 aromatic carbocycles. The molecule has 21 heavy (non-hydrogen) atoms. The Morgan fingerprint density at radius 2 is 2.05 bits per heavy atom. The lowest BCUT2D eigenvalue weighted by Gasteiger charge is -2.10. The molecule has 0 aliphatic carbocycles. The Balaban J connectivity index is 1.92. The Kier molecular flexibility index (Phi) is 5.33. The number of thiocarbonyl (C=S) groups is 1. The van der Waals surface area contributed by atoms with Gasteiger partial charge in [-0.3, -0.25) is 4.68 Å². The molecule has 0 fully saturated rings. The Bertz CT molecular complexity index is 604. The van der Waals surface area contributed by atoms with Crippen molar-refractivity contribution >= 4 is 23.1 Å². The van der Waals surface area contributed by atoms with Crippen molar-refractivity contribution in [2.75, 3.05) is 11.9 Å². The van der Waals surface area contributed by atoms with Gasteiger partial charge in [0.05, 0.1) is 6.54 Å².